The summed E-state index contributed by atoms with van der Waals surface area (Å²) in [4.78, 5) is 15.2. The molecule has 4 heteroatoms. The number of aromatic nitrogens is 3. The molecule has 4 nitrogen and oxygen atoms in total. The zero-order valence-electron chi connectivity index (χ0n) is 28.6. The molecular formula is C49H31N3O. The molecule has 0 amide bonds. The van der Waals surface area contributed by atoms with Crippen molar-refractivity contribution in [1.29, 1.82) is 0 Å². The van der Waals surface area contributed by atoms with Crippen LogP contribution >= 0.6 is 0 Å². The lowest BCUT2D eigenvalue weighted by Crippen LogP contribution is -2.00. The maximum Gasteiger partial charge on any atom is 0.164 e. The highest BCUT2D eigenvalue weighted by Crippen LogP contribution is 2.41. The fourth-order valence-corrected chi connectivity index (χ4v) is 7.41. The van der Waals surface area contributed by atoms with E-state index in [-0.39, 0.29) is 0 Å². The molecule has 0 radical (unpaired) electrons. The lowest BCUT2D eigenvalue weighted by Gasteiger charge is -2.12. The monoisotopic (exact) mass is 677 g/mol. The average Bonchev–Trinajstić information content (AvgIpc) is 3.62. The molecule has 0 unspecified atom stereocenters. The fourth-order valence-electron chi connectivity index (χ4n) is 7.41. The molecule has 8 aromatic carbocycles. The van der Waals surface area contributed by atoms with Crippen LogP contribution in [0.5, 0.6) is 0 Å². The molecule has 0 saturated carbocycles. The van der Waals surface area contributed by atoms with Gasteiger partial charge in [0.2, 0.25) is 0 Å². The smallest absolute Gasteiger partial charge is 0.164 e. The third kappa shape index (κ3) is 5.54. The Morgan fingerprint density at radius 3 is 1.64 bits per heavy atom. The van der Waals surface area contributed by atoms with Crippen molar-refractivity contribution in [3.8, 4) is 67.5 Å². The van der Waals surface area contributed by atoms with Crippen LogP contribution in [0.15, 0.2) is 192 Å². The Kier molecular flexibility index (Phi) is 7.43. The summed E-state index contributed by atoms with van der Waals surface area (Å²) in [6.07, 6.45) is 0. The van der Waals surface area contributed by atoms with Crippen LogP contribution in [0, 0.1) is 0 Å². The van der Waals surface area contributed by atoms with Crippen molar-refractivity contribution in [3.63, 3.8) is 0 Å². The maximum atomic E-state index is 6.59. The van der Waals surface area contributed by atoms with Crippen molar-refractivity contribution < 1.29 is 4.42 Å². The lowest BCUT2D eigenvalue weighted by atomic mass is 9.92. The minimum atomic E-state index is 0.587. The molecule has 0 bridgehead atoms. The minimum absolute atomic E-state index is 0.587. The summed E-state index contributed by atoms with van der Waals surface area (Å²) in [6, 6.07) is 65.1. The summed E-state index contributed by atoms with van der Waals surface area (Å²) in [5.74, 6) is 1.83. The van der Waals surface area contributed by atoms with Gasteiger partial charge in [0.05, 0.1) is 0 Å². The topological polar surface area (TPSA) is 51.8 Å². The predicted octanol–water partition coefficient (Wildman–Crippen LogP) is 12.9. The second-order valence-electron chi connectivity index (χ2n) is 13.2. The zero-order valence-corrected chi connectivity index (χ0v) is 28.6. The van der Waals surface area contributed by atoms with Crippen molar-refractivity contribution in [2.24, 2.45) is 0 Å². The first-order valence-electron chi connectivity index (χ1n) is 17.8. The van der Waals surface area contributed by atoms with E-state index in [1.807, 2.05) is 42.5 Å². The summed E-state index contributed by atoms with van der Waals surface area (Å²) < 4.78 is 6.59. The number of hydrogen-bond acceptors (Lipinski definition) is 4. The van der Waals surface area contributed by atoms with Gasteiger partial charge in [0, 0.05) is 27.5 Å². The van der Waals surface area contributed by atoms with E-state index in [1.165, 1.54) is 22.3 Å². The second-order valence-corrected chi connectivity index (χ2v) is 13.2. The number of furan rings is 1. The zero-order chi connectivity index (χ0) is 35.1. The van der Waals surface area contributed by atoms with Gasteiger partial charge in [-0.3, -0.25) is 0 Å². The Morgan fingerprint density at radius 2 is 0.868 bits per heavy atom. The molecule has 248 valence electrons. The van der Waals surface area contributed by atoms with Crippen LogP contribution < -0.4 is 0 Å². The van der Waals surface area contributed by atoms with E-state index in [9.17, 15) is 0 Å². The minimum Gasteiger partial charge on any atom is -0.456 e. The van der Waals surface area contributed by atoms with Gasteiger partial charge in [-0.15, -0.1) is 0 Å². The van der Waals surface area contributed by atoms with E-state index in [4.69, 9.17) is 19.4 Å². The van der Waals surface area contributed by atoms with Crippen molar-refractivity contribution >= 4 is 32.7 Å². The number of nitrogens with zero attached hydrogens (tertiary/aromatic N) is 3. The summed E-state index contributed by atoms with van der Waals surface area (Å²) in [5, 5.41) is 4.34. The molecule has 53 heavy (non-hydrogen) atoms. The summed E-state index contributed by atoms with van der Waals surface area (Å²) in [7, 11) is 0. The predicted molar refractivity (Wildman–Crippen MR) is 217 cm³/mol. The molecule has 0 spiro atoms. The number of benzene rings is 8. The van der Waals surface area contributed by atoms with Crippen LogP contribution in [0.2, 0.25) is 0 Å². The van der Waals surface area contributed by atoms with E-state index >= 15 is 0 Å². The standard InChI is InChI=1S/C49H31N3O/c1-4-14-32(15-5-1)35-26-28-39-36(30-35)20-12-24-42(39)49-51-47(34-18-8-3-9-19-34)50-48(52-49)37-27-29-43-45(31-37)53-44-25-13-23-41(46(43)44)40-22-11-10-21-38(40)33-16-6-2-7-17-33/h1-31H. The van der Waals surface area contributed by atoms with E-state index in [0.717, 1.165) is 60.5 Å². The van der Waals surface area contributed by atoms with E-state index in [1.54, 1.807) is 0 Å². The number of rotatable bonds is 6. The van der Waals surface area contributed by atoms with E-state index in [0.29, 0.717) is 17.5 Å². The van der Waals surface area contributed by atoms with Gasteiger partial charge in [0.1, 0.15) is 11.2 Å². The lowest BCUT2D eigenvalue weighted by molar-refractivity contribution is 0.669. The molecule has 2 heterocycles. The SMILES string of the molecule is c1ccc(-c2ccc3c(-c4nc(-c5ccccc5)nc(-c5ccc6c(c5)oc5cccc(-c7ccccc7-c7ccccc7)c56)n4)cccc3c2)cc1. The number of fused-ring (bicyclic) bond motifs is 4. The first-order chi connectivity index (χ1) is 26.3. The molecule has 10 aromatic rings. The fraction of sp³-hybridized carbons (Fsp3) is 0. The molecule has 0 fully saturated rings. The summed E-state index contributed by atoms with van der Waals surface area (Å²) in [6.45, 7) is 0. The van der Waals surface area contributed by atoms with Crippen LogP contribution in [0.25, 0.3) is 100 Å². The largest absolute Gasteiger partial charge is 0.456 e. The van der Waals surface area contributed by atoms with Gasteiger partial charge in [0.15, 0.2) is 17.5 Å². The van der Waals surface area contributed by atoms with Gasteiger partial charge >= 0.3 is 0 Å². The Morgan fingerprint density at radius 1 is 0.302 bits per heavy atom. The van der Waals surface area contributed by atoms with Crippen LogP contribution in [0.4, 0.5) is 0 Å². The first kappa shape index (κ1) is 30.6. The highest BCUT2D eigenvalue weighted by molar-refractivity contribution is 6.14. The van der Waals surface area contributed by atoms with Crippen molar-refractivity contribution in [3.05, 3.63) is 188 Å². The Hall–Kier alpha value is -7.17. The highest BCUT2D eigenvalue weighted by atomic mass is 16.3. The van der Waals surface area contributed by atoms with Crippen LogP contribution in [-0.4, -0.2) is 15.0 Å². The van der Waals surface area contributed by atoms with Crippen LogP contribution in [0.1, 0.15) is 0 Å². The average molecular weight is 678 g/mol. The molecule has 2 aromatic heterocycles. The Bertz CT molecular complexity index is 2940. The van der Waals surface area contributed by atoms with Crippen molar-refractivity contribution in [1.82, 2.24) is 15.0 Å². The van der Waals surface area contributed by atoms with Crippen LogP contribution in [-0.2, 0) is 0 Å². The third-order valence-electron chi connectivity index (χ3n) is 9.95. The quantitative estimate of drug-likeness (QED) is 0.176. The van der Waals surface area contributed by atoms with Gasteiger partial charge in [-0.2, -0.15) is 0 Å². The van der Waals surface area contributed by atoms with Crippen molar-refractivity contribution in [2.45, 2.75) is 0 Å². The highest BCUT2D eigenvalue weighted by Gasteiger charge is 2.19. The van der Waals surface area contributed by atoms with Gasteiger partial charge in [-0.25, -0.2) is 15.0 Å². The summed E-state index contributed by atoms with van der Waals surface area (Å²) in [5.41, 5.74) is 11.4. The first-order valence-corrected chi connectivity index (χ1v) is 17.8. The van der Waals surface area contributed by atoms with Gasteiger partial charge in [-0.1, -0.05) is 164 Å². The summed E-state index contributed by atoms with van der Waals surface area (Å²) >= 11 is 0. The van der Waals surface area contributed by atoms with Gasteiger partial charge in [-0.05, 0) is 68.4 Å². The normalized spacial score (nSPS) is 11.4. The molecule has 0 saturated heterocycles. The van der Waals surface area contributed by atoms with Gasteiger partial charge in [0.25, 0.3) is 0 Å². The van der Waals surface area contributed by atoms with Crippen molar-refractivity contribution in [2.75, 3.05) is 0 Å². The molecule has 0 atom stereocenters. The Labute approximate surface area is 306 Å². The van der Waals surface area contributed by atoms with E-state index < -0.39 is 0 Å². The Balaban J connectivity index is 1.12. The molecular weight excluding hydrogens is 647 g/mol. The van der Waals surface area contributed by atoms with Crippen LogP contribution in [0.3, 0.4) is 0 Å². The molecule has 0 N–H and O–H groups in total. The third-order valence-corrected chi connectivity index (χ3v) is 9.95. The maximum absolute atomic E-state index is 6.59. The van der Waals surface area contributed by atoms with E-state index in [2.05, 4.69) is 146 Å². The molecule has 10 rings (SSSR count). The molecule has 0 aliphatic rings. The molecule has 0 aliphatic carbocycles. The second kappa shape index (κ2) is 12.9. The number of hydrogen-bond donors (Lipinski definition) is 0. The van der Waals surface area contributed by atoms with Gasteiger partial charge < -0.3 is 4.42 Å². The molecule has 0 aliphatic heterocycles.